The van der Waals surface area contributed by atoms with Gasteiger partial charge in [-0.2, -0.15) is 0 Å². The molecule has 1 saturated heterocycles. The molecule has 2 aliphatic rings. The van der Waals surface area contributed by atoms with Crippen molar-refractivity contribution in [3.8, 4) is 11.5 Å². The first kappa shape index (κ1) is 11.7. The number of ether oxygens (including phenoxy) is 4. The van der Waals surface area contributed by atoms with Crippen LogP contribution in [0.1, 0.15) is 18.9 Å². The molecule has 0 bridgehead atoms. The summed E-state index contributed by atoms with van der Waals surface area (Å²) in [5.41, 5.74) is 0.381. The zero-order valence-corrected chi connectivity index (χ0v) is 10.2. The van der Waals surface area contributed by atoms with E-state index in [-0.39, 0.29) is 5.82 Å². The molecular formula is C13H15FO4. The Morgan fingerprint density at radius 1 is 1.06 bits per heavy atom. The van der Waals surface area contributed by atoms with Gasteiger partial charge in [-0.05, 0) is 6.07 Å². The fraction of sp³-hybridized carbons (Fsp3) is 0.538. The second kappa shape index (κ2) is 4.40. The summed E-state index contributed by atoms with van der Waals surface area (Å²) in [5.74, 6) is -0.390. The summed E-state index contributed by atoms with van der Waals surface area (Å²) >= 11 is 0. The first-order chi connectivity index (χ1) is 8.75. The van der Waals surface area contributed by atoms with Gasteiger partial charge in [0.1, 0.15) is 19.0 Å². The molecule has 0 atom stereocenters. The molecule has 0 aromatic heterocycles. The van der Waals surface area contributed by atoms with E-state index in [1.807, 2.05) is 6.92 Å². The lowest BCUT2D eigenvalue weighted by molar-refractivity contribution is -0.169. The molecule has 98 valence electrons. The molecule has 4 nitrogen and oxygen atoms in total. The Morgan fingerprint density at radius 3 is 2.28 bits per heavy atom. The van der Waals surface area contributed by atoms with Crippen LogP contribution in [0.3, 0.4) is 0 Å². The highest BCUT2D eigenvalue weighted by molar-refractivity contribution is 5.46. The summed E-state index contributed by atoms with van der Waals surface area (Å²) in [7, 11) is 0. The number of fused-ring (bicyclic) bond motifs is 1. The molecule has 1 aromatic carbocycles. The molecular weight excluding hydrogens is 239 g/mol. The minimum absolute atomic E-state index is 0.381. The summed E-state index contributed by atoms with van der Waals surface area (Å²) in [6.07, 6.45) is 0.545. The normalized spacial score (nSPS) is 21.0. The van der Waals surface area contributed by atoms with E-state index in [0.717, 1.165) is 0 Å². The lowest BCUT2D eigenvalue weighted by Crippen LogP contribution is -2.28. The van der Waals surface area contributed by atoms with Gasteiger partial charge in [0.25, 0.3) is 0 Å². The largest absolute Gasteiger partial charge is 0.486 e. The van der Waals surface area contributed by atoms with Gasteiger partial charge in [0.05, 0.1) is 18.8 Å². The molecule has 18 heavy (non-hydrogen) atoms. The van der Waals surface area contributed by atoms with Gasteiger partial charge in [0.2, 0.25) is 0 Å². The van der Waals surface area contributed by atoms with Crippen LogP contribution in [0.2, 0.25) is 0 Å². The highest BCUT2D eigenvalue weighted by atomic mass is 19.1. The van der Waals surface area contributed by atoms with Crippen molar-refractivity contribution in [1.82, 2.24) is 0 Å². The van der Waals surface area contributed by atoms with Crippen molar-refractivity contribution in [3.05, 3.63) is 23.5 Å². The van der Waals surface area contributed by atoms with Crippen LogP contribution in [-0.2, 0) is 15.3 Å². The molecule has 0 unspecified atom stereocenters. The highest BCUT2D eigenvalue weighted by Crippen LogP contribution is 2.41. The molecule has 0 N–H and O–H groups in total. The lowest BCUT2D eigenvalue weighted by Gasteiger charge is -2.28. The summed E-state index contributed by atoms with van der Waals surface area (Å²) in [4.78, 5) is 0. The van der Waals surface area contributed by atoms with Crippen molar-refractivity contribution in [1.29, 1.82) is 0 Å². The molecule has 0 radical (unpaired) electrons. The van der Waals surface area contributed by atoms with Crippen molar-refractivity contribution in [3.63, 3.8) is 0 Å². The van der Waals surface area contributed by atoms with Crippen LogP contribution >= 0.6 is 0 Å². The van der Waals surface area contributed by atoms with Crippen LogP contribution in [0.4, 0.5) is 4.39 Å². The molecule has 0 amide bonds. The second-order valence-corrected chi connectivity index (χ2v) is 4.28. The maximum Gasteiger partial charge on any atom is 0.197 e. The van der Waals surface area contributed by atoms with E-state index in [1.165, 1.54) is 6.07 Å². The molecule has 1 aromatic rings. The number of rotatable bonds is 2. The summed E-state index contributed by atoms with van der Waals surface area (Å²) in [6.45, 7) is 3.77. The van der Waals surface area contributed by atoms with E-state index in [0.29, 0.717) is 49.9 Å². The van der Waals surface area contributed by atoms with Crippen LogP contribution in [0.25, 0.3) is 0 Å². The lowest BCUT2D eigenvalue weighted by atomic mass is 10.0. The Balaban J connectivity index is 2.05. The molecule has 0 saturated carbocycles. The maximum atomic E-state index is 14.2. The molecule has 1 fully saturated rings. The van der Waals surface area contributed by atoms with Gasteiger partial charge in [-0.15, -0.1) is 0 Å². The van der Waals surface area contributed by atoms with E-state index < -0.39 is 5.79 Å². The molecule has 2 aliphatic heterocycles. The standard InChI is InChI=1S/C13H15FO4/c1-2-13(17-5-6-18-13)9-7-11-12(8-10(9)14)16-4-3-15-11/h7-8H,2-6H2,1H3. The third-order valence-electron chi connectivity index (χ3n) is 3.26. The Hall–Kier alpha value is -1.33. The third-order valence-corrected chi connectivity index (χ3v) is 3.26. The summed E-state index contributed by atoms with van der Waals surface area (Å²) in [5, 5.41) is 0. The minimum Gasteiger partial charge on any atom is -0.486 e. The second-order valence-electron chi connectivity index (χ2n) is 4.28. The monoisotopic (exact) mass is 254 g/mol. The Kier molecular flexibility index (Phi) is 2.87. The van der Waals surface area contributed by atoms with Crippen LogP contribution < -0.4 is 9.47 Å². The number of benzene rings is 1. The molecule has 3 rings (SSSR count). The van der Waals surface area contributed by atoms with Gasteiger partial charge in [-0.25, -0.2) is 4.39 Å². The van der Waals surface area contributed by atoms with E-state index in [2.05, 4.69) is 0 Å². The first-order valence-corrected chi connectivity index (χ1v) is 6.13. The van der Waals surface area contributed by atoms with E-state index >= 15 is 0 Å². The van der Waals surface area contributed by atoms with Crippen LogP contribution in [-0.4, -0.2) is 26.4 Å². The number of hydrogen-bond acceptors (Lipinski definition) is 4. The zero-order chi connectivity index (χ0) is 12.6. The number of halogens is 1. The zero-order valence-electron chi connectivity index (χ0n) is 10.2. The van der Waals surface area contributed by atoms with E-state index in [9.17, 15) is 4.39 Å². The van der Waals surface area contributed by atoms with Gasteiger partial charge in [-0.1, -0.05) is 6.92 Å². The van der Waals surface area contributed by atoms with Crippen molar-refractivity contribution in [2.45, 2.75) is 19.1 Å². The molecule has 2 heterocycles. The quantitative estimate of drug-likeness (QED) is 0.810. The average molecular weight is 254 g/mol. The predicted molar refractivity (Wildman–Crippen MR) is 61.3 cm³/mol. The van der Waals surface area contributed by atoms with Gasteiger partial charge < -0.3 is 18.9 Å². The van der Waals surface area contributed by atoms with Gasteiger partial charge in [-0.3, -0.25) is 0 Å². The summed E-state index contributed by atoms with van der Waals surface area (Å²) in [6, 6.07) is 2.96. The van der Waals surface area contributed by atoms with Crippen LogP contribution in [0, 0.1) is 5.82 Å². The maximum absolute atomic E-state index is 14.2. The van der Waals surface area contributed by atoms with E-state index in [4.69, 9.17) is 18.9 Å². The minimum atomic E-state index is -0.986. The predicted octanol–water partition coefficient (Wildman–Crippen LogP) is 2.21. The topological polar surface area (TPSA) is 36.9 Å². The molecule has 5 heteroatoms. The molecule has 0 spiro atoms. The SMILES string of the molecule is CCC1(c2cc3c(cc2F)OCCO3)OCCO1. The van der Waals surface area contributed by atoms with Gasteiger partial charge in [0.15, 0.2) is 17.3 Å². The number of hydrogen-bond donors (Lipinski definition) is 0. The Morgan fingerprint density at radius 2 is 1.67 bits per heavy atom. The summed E-state index contributed by atoms with van der Waals surface area (Å²) < 4.78 is 36.2. The average Bonchev–Trinajstić information content (AvgIpc) is 2.88. The van der Waals surface area contributed by atoms with Gasteiger partial charge in [0, 0.05) is 12.5 Å². The van der Waals surface area contributed by atoms with Crippen LogP contribution in [0.15, 0.2) is 12.1 Å². The van der Waals surface area contributed by atoms with Crippen molar-refractivity contribution in [2.75, 3.05) is 26.4 Å². The van der Waals surface area contributed by atoms with Crippen molar-refractivity contribution in [2.24, 2.45) is 0 Å². The fourth-order valence-corrected chi connectivity index (χ4v) is 2.36. The van der Waals surface area contributed by atoms with E-state index in [1.54, 1.807) is 6.07 Å². The first-order valence-electron chi connectivity index (χ1n) is 6.13. The van der Waals surface area contributed by atoms with Crippen molar-refractivity contribution < 1.29 is 23.3 Å². The van der Waals surface area contributed by atoms with Crippen molar-refractivity contribution >= 4 is 0 Å². The highest BCUT2D eigenvalue weighted by Gasteiger charge is 2.40. The fourth-order valence-electron chi connectivity index (χ4n) is 2.36. The van der Waals surface area contributed by atoms with Gasteiger partial charge >= 0.3 is 0 Å². The Labute approximate surface area is 105 Å². The third kappa shape index (κ3) is 1.74. The molecule has 0 aliphatic carbocycles. The van der Waals surface area contributed by atoms with Crippen LogP contribution in [0.5, 0.6) is 11.5 Å². The Bertz CT molecular complexity index is 455. The smallest absolute Gasteiger partial charge is 0.197 e.